The van der Waals surface area contributed by atoms with Crippen molar-refractivity contribution >= 4 is 17.6 Å². The Morgan fingerprint density at radius 3 is 2.00 bits per heavy atom. The van der Waals surface area contributed by atoms with Gasteiger partial charge in [0.2, 0.25) is 5.91 Å². The minimum Gasteiger partial charge on any atom is -0.489 e. The molecule has 0 spiro atoms. The van der Waals surface area contributed by atoms with Crippen LogP contribution in [0.4, 0.5) is 13.2 Å². The zero-order valence-electron chi connectivity index (χ0n) is 20.6. The second-order valence-corrected chi connectivity index (χ2v) is 8.94. The van der Waals surface area contributed by atoms with E-state index in [9.17, 15) is 27.6 Å². The third-order valence-electron chi connectivity index (χ3n) is 6.37. The lowest BCUT2D eigenvalue weighted by molar-refractivity contribution is -0.138. The first kappa shape index (κ1) is 26.9. The van der Waals surface area contributed by atoms with E-state index in [0.29, 0.717) is 17.9 Å². The molecule has 6 nitrogen and oxygen atoms in total. The van der Waals surface area contributed by atoms with Crippen LogP contribution in [0.15, 0.2) is 78.9 Å². The molecular formula is C29H27F3N2O4. The summed E-state index contributed by atoms with van der Waals surface area (Å²) in [5, 5.41) is 0. The molecule has 0 aromatic heterocycles. The molecular weight excluding hydrogens is 497 g/mol. The van der Waals surface area contributed by atoms with E-state index >= 15 is 0 Å². The van der Waals surface area contributed by atoms with E-state index in [1.54, 1.807) is 24.3 Å². The lowest BCUT2D eigenvalue weighted by Crippen LogP contribution is -2.50. The number of hydrogen-bond acceptors (Lipinski definition) is 4. The first-order chi connectivity index (χ1) is 18.2. The number of nitrogens with zero attached hydrogens (tertiary/aromatic N) is 2. The Bertz CT molecular complexity index is 1270. The third kappa shape index (κ3) is 6.79. The second-order valence-electron chi connectivity index (χ2n) is 8.94. The van der Waals surface area contributed by atoms with E-state index in [-0.39, 0.29) is 50.7 Å². The van der Waals surface area contributed by atoms with Gasteiger partial charge in [0.15, 0.2) is 5.78 Å². The first-order valence-corrected chi connectivity index (χ1v) is 12.3. The van der Waals surface area contributed by atoms with Crippen molar-refractivity contribution < 1.29 is 32.3 Å². The monoisotopic (exact) mass is 524 g/mol. The highest BCUT2D eigenvalue weighted by Gasteiger charge is 2.36. The summed E-state index contributed by atoms with van der Waals surface area (Å²) in [6.07, 6.45) is -4.59. The van der Waals surface area contributed by atoms with E-state index in [1.165, 1.54) is 21.9 Å². The number of ether oxygens (including phenoxy) is 1. The van der Waals surface area contributed by atoms with Crippen molar-refractivity contribution in [3.63, 3.8) is 0 Å². The fraction of sp³-hybridized carbons (Fsp3) is 0.276. The van der Waals surface area contributed by atoms with Crippen LogP contribution in [0.5, 0.6) is 5.75 Å². The van der Waals surface area contributed by atoms with Gasteiger partial charge in [-0.15, -0.1) is 0 Å². The predicted molar refractivity (Wildman–Crippen MR) is 135 cm³/mol. The Balaban J connectivity index is 1.23. The molecule has 1 aliphatic heterocycles. The van der Waals surface area contributed by atoms with Gasteiger partial charge < -0.3 is 14.5 Å². The average Bonchev–Trinajstić information content (AvgIpc) is 2.94. The molecule has 38 heavy (non-hydrogen) atoms. The van der Waals surface area contributed by atoms with E-state index in [4.69, 9.17) is 4.74 Å². The molecule has 1 fully saturated rings. The molecule has 0 radical (unpaired) electrons. The molecule has 0 N–H and O–H groups in total. The van der Waals surface area contributed by atoms with Crippen LogP contribution in [-0.2, 0) is 17.6 Å². The number of alkyl halides is 3. The highest BCUT2D eigenvalue weighted by atomic mass is 19.4. The van der Waals surface area contributed by atoms with Gasteiger partial charge in [0.25, 0.3) is 5.91 Å². The molecule has 9 heteroatoms. The Kier molecular flexibility index (Phi) is 8.45. The maximum Gasteiger partial charge on any atom is 0.417 e. The molecule has 4 rings (SSSR count). The summed E-state index contributed by atoms with van der Waals surface area (Å²) in [6, 6.07) is 21.1. The fourth-order valence-corrected chi connectivity index (χ4v) is 4.25. The van der Waals surface area contributed by atoms with Gasteiger partial charge in [0.1, 0.15) is 12.4 Å². The number of amides is 2. The molecule has 0 atom stereocenters. The summed E-state index contributed by atoms with van der Waals surface area (Å²) >= 11 is 0. The van der Waals surface area contributed by atoms with Crippen LogP contribution in [0, 0.1) is 0 Å². The second kappa shape index (κ2) is 11.9. The normalized spacial score (nSPS) is 13.8. The minimum atomic E-state index is -4.63. The molecule has 0 saturated carbocycles. The molecule has 1 heterocycles. The first-order valence-electron chi connectivity index (χ1n) is 12.3. The molecule has 3 aromatic rings. The van der Waals surface area contributed by atoms with Gasteiger partial charge in [0.05, 0.1) is 11.1 Å². The predicted octanol–water partition coefficient (Wildman–Crippen LogP) is 5.23. The maximum atomic E-state index is 13.3. The van der Waals surface area contributed by atoms with Crippen molar-refractivity contribution in [2.75, 3.05) is 26.2 Å². The van der Waals surface area contributed by atoms with Crippen molar-refractivity contribution in [3.8, 4) is 5.75 Å². The molecule has 2 amide bonds. The molecule has 1 aliphatic rings. The van der Waals surface area contributed by atoms with Crippen LogP contribution in [0.25, 0.3) is 0 Å². The number of hydrogen-bond donors (Lipinski definition) is 0. The maximum absolute atomic E-state index is 13.3. The SMILES string of the molecule is O=C(CCC(=O)N1CCN(C(=O)c2ccccc2C(F)(F)F)CC1)c1ccc(OCc2ccccc2)cc1. The molecule has 0 bridgehead atoms. The summed E-state index contributed by atoms with van der Waals surface area (Å²) in [5.41, 5.74) is 0.130. The standard InChI is InChI=1S/C29H27F3N2O4/c30-29(31,32)25-9-5-4-8-24(25)28(37)34-18-16-33(17-19-34)27(36)15-14-26(35)22-10-12-23(13-11-22)38-20-21-6-2-1-3-7-21/h1-13H,14-20H2. The molecule has 3 aromatic carbocycles. The number of ketones is 1. The van der Waals surface area contributed by atoms with Crippen LogP contribution in [0.3, 0.4) is 0 Å². The van der Waals surface area contributed by atoms with Gasteiger partial charge in [-0.25, -0.2) is 0 Å². The van der Waals surface area contributed by atoms with Crippen LogP contribution in [0.1, 0.15) is 44.7 Å². The molecule has 0 unspecified atom stereocenters. The van der Waals surface area contributed by atoms with Gasteiger partial charge >= 0.3 is 6.18 Å². The highest BCUT2D eigenvalue weighted by Crippen LogP contribution is 2.32. The van der Waals surface area contributed by atoms with Gasteiger partial charge in [-0.2, -0.15) is 13.2 Å². The Hall–Kier alpha value is -4.14. The Morgan fingerprint density at radius 2 is 1.34 bits per heavy atom. The number of carbonyl (C=O) groups is 3. The van der Waals surface area contributed by atoms with Crippen LogP contribution >= 0.6 is 0 Å². The van der Waals surface area contributed by atoms with Crippen LogP contribution in [0.2, 0.25) is 0 Å². The van der Waals surface area contributed by atoms with Gasteiger partial charge in [-0.05, 0) is 42.0 Å². The zero-order valence-corrected chi connectivity index (χ0v) is 20.6. The van der Waals surface area contributed by atoms with Gasteiger partial charge in [0, 0.05) is 44.6 Å². The summed E-state index contributed by atoms with van der Waals surface area (Å²) in [4.78, 5) is 40.8. The molecule has 1 saturated heterocycles. The fourth-order valence-electron chi connectivity index (χ4n) is 4.25. The van der Waals surface area contributed by atoms with Crippen molar-refractivity contribution in [2.45, 2.75) is 25.6 Å². The number of rotatable bonds is 8. The van der Waals surface area contributed by atoms with Crippen LogP contribution in [-0.4, -0.2) is 53.6 Å². The molecule has 0 aliphatic carbocycles. The van der Waals surface area contributed by atoms with E-state index in [2.05, 4.69) is 0 Å². The number of carbonyl (C=O) groups excluding carboxylic acids is 3. The summed E-state index contributed by atoms with van der Waals surface area (Å²) < 4.78 is 45.6. The topological polar surface area (TPSA) is 66.9 Å². The van der Waals surface area contributed by atoms with E-state index < -0.39 is 23.2 Å². The highest BCUT2D eigenvalue weighted by molar-refractivity contribution is 5.98. The van der Waals surface area contributed by atoms with Gasteiger partial charge in [-0.3, -0.25) is 14.4 Å². The van der Waals surface area contributed by atoms with Gasteiger partial charge in [-0.1, -0.05) is 42.5 Å². The quantitative estimate of drug-likeness (QED) is 0.379. The summed E-state index contributed by atoms with van der Waals surface area (Å²) in [6.45, 7) is 1.04. The summed E-state index contributed by atoms with van der Waals surface area (Å²) in [7, 11) is 0. The van der Waals surface area contributed by atoms with Crippen molar-refractivity contribution in [1.82, 2.24) is 9.80 Å². The van der Waals surface area contributed by atoms with Crippen LogP contribution < -0.4 is 4.74 Å². The van der Waals surface area contributed by atoms with Crippen molar-refractivity contribution in [3.05, 3.63) is 101 Å². The van der Waals surface area contributed by atoms with E-state index in [1.807, 2.05) is 30.3 Å². The third-order valence-corrected chi connectivity index (χ3v) is 6.37. The molecule has 198 valence electrons. The Morgan fingerprint density at radius 1 is 0.737 bits per heavy atom. The number of Topliss-reactive ketones (excluding diaryl/α,β-unsaturated/α-hetero) is 1. The van der Waals surface area contributed by atoms with E-state index in [0.717, 1.165) is 17.7 Å². The Labute approximate surface area is 218 Å². The van der Waals surface area contributed by atoms with Crippen molar-refractivity contribution in [2.24, 2.45) is 0 Å². The zero-order chi connectivity index (χ0) is 27.1. The summed E-state index contributed by atoms with van der Waals surface area (Å²) in [5.74, 6) is -0.488. The lowest BCUT2D eigenvalue weighted by atomic mass is 10.0. The largest absolute Gasteiger partial charge is 0.489 e. The number of piperazine rings is 1. The number of benzene rings is 3. The minimum absolute atomic E-state index is 0.00987. The number of halogens is 3. The smallest absolute Gasteiger partial charge is 0.417 e. The van der Waals surface area contributed by atoms with Crippen molar-refractivity contribution in [1.29, 1.82) is 0 Å². The average molecular weight is 525 g/mol. The lowest BCUT2D eigenvalue weighted by Gasteiger charge is -2.35.